The van der Waals surface area contributed by atoms with Crippen LogP contribution in [0.3, 0.4) is 0 Å². The highest BCUT2D eigenvalue weighted by Gasteiger charge is 2.28. The van der Waals surface area contributed by atoms with Gasteiger partial charge in [-0.15, -0.1) is 5.10 Å². The summed E-state index contributed by atoms with van der Waals surface area (Å²) >= 11 is 0. The van der Waals surface area contributed by atoms with Crippen LogP contribution in [0.4, 0.5) is 8.78 Å². The van der Waals surface area contributed by atoms with Crippen molar-refractivity contribution in [1.29, 1.82) is 0 Å². The van der Waals surface area contributed by atoms with E-state index >= 15 is 0 Å². The standard InChI is InChI=1S/C17H18F2N2O2/c1-10-14(11-6-8-23-9-7-11)16(17(22-2)21-20-10)15-12(18)4-3-5-13(15)19/h3-5,11H,6-9H2,1-2H3. The lowest BCUT2D eigenvalue weighted by Crippen LogP contribution is -2.17. The number of aryl methyl sites for hydroxylation is 1. The molecule has 2 aromatic rings. The molecule has 0 radical (unpaired) electrons. The van der Waals surface area contributed by atoms with Gasteiger partial charge in [-0.2, -0.15) is 5.10 Å². The van der Waals surface area contributed by atoms with Gasteiger partial charge in [0.2, 0.25) is 5.88 Å². The Morgan fingerprint density at radius 1 is 1.09 bits per heavy atom. The van der Waals surface area contributed by atoms with Crippen LogP contribution in [0.25, 0.3) is 11.1 Å². The maximum absolute atomic E-state index is 14.4. The van der Waals surface area contributed by atoms with Gasteiger partial charge in [0.15, 0.2) is 0 Å². The molecule has 0 amide bonds. The topological polar surface area (TPSA) is 44.2 Å². The fraction of sp³-hybridized carbons (Fsp3) is 0.412. The van der Waals surface area contributed by atoms with Gasteiger partial charge in [-0.05, 0) is 43.4 Å². The van der Waals surface area contributed by atoms with Gasteiger partial charge in [0, 0.05) is 13.2 Å². The molecule has 0 N–H and O–H groups in total. The molecule has 1 aliphatic heterocycles. The summed E-state index contributed by atoms with van der Waals surface area (Å²) in [6.07, 6.45) is 1.55. The second-order valence-electron chi connectivity index (χ2n) is 5.57. The Morgan fingerprint density at radius 2 is 1.74 bits per heavy atom. The predicted octanol–water partition coefficient (Wildman–Crippen LogP) is 3.63. The zero-order valence-corrected chi connectivity index (χ0v) is 13.1. The Bertz CT molecular complexity index is 696. The van der Waals surface area contributed by atoms with Crippen molar-refractivity contribution in [3.8, 4) is 17.0 Å². The summed E-state index contributed by atoms with van der Waals surface area (Å²) in [6, 6.07) is 3.82. The zero-order valence-electron chi connectivity index (χ0n) is 13.1. The fourth-order valence-corrected chi connectivity index (χ4v) is 3.13. The van der Waals surface area contributed by atoms with Gasteiger partial charge in [0.1, 0.15) is 11.6 Å². The van der Waals surface area contributed by atoms with Gasteiger partial charge >= 0.3 is 0 Å². The van der Waals surface area contributed by atoms with Gasteiger partial charge in [-0.1, -0.05) is 6.07 Å². The monoisotopic (exact) mass is 320 g/mol. The number of ether oxygens (including phenoxy) is 2. The highest BCUT2D eigenvalue weighted by atomic mass is 19.1. The SMILES string of the molecule is COc1nnc(C)c(C2CCOCC2)c1-c1c(F)cccc1F. The highest BCUT2D eigenvalue weighted by Crippen LogP contribution is 2.42. The van der Waals surface area contributed by atoms with E-state index in [2.05, 4.69) is 10.2 Å². The molecule has 4 nitrogen and oxygen atoms in total. The summed E-state index contributed by atoms with van der Waals surface area (Å²) in [5.41, 5.74) is 1.71. The van der Waals surface area contributed by atoms with Crippen molar-refractivity contribution in [1.82, 2.24) is 10.2 Å². The van der Waals surface area contributed by atoms with Gasteiger partial charge < -0.3 is 9.47 Å². The molecule has 1 fully saturated rings. The summed E-state index contributed by atoms with van der Waals surface area (Å²) in [5, 5.41) is 8.08. The first-order valence-electron chi connectivity index (χ1n) is 7.56. The third-order valence-electron chi connectivity index (χ3n) is 4.20. The van der Waals surface area contributed by atoms with E-state index in [0.717, 1.165) is 18.4 Å². The van der Waals surface area contributed by atoms with Crippen LogP contribution in [-0.2, 0) is 4.74 Å². The van der Waals surface area contributed by atoms with Crippen LogP contribution in [0.15, 0.2) is 18.2 Å². The molecule has 1 saturated heterocycles. The van der Waals surface area contributed by atoms with E-state index in [0.29, 0.717) is 24.5 Å². The molecule has 0 bridgehead atoms. The highest BCUT2D eigenvalue weighted by molar-refractivity contribution is 5.74. The lowest BCUT2D eigenvalue weighted by molar-refractivity contribution is 0.0851. The second-order valence-corrected chi connectivity index (χ2v) is 5.57. The molecule has 1 aromatic carbocycles. The molecule has 6 heteroatoms. The normalized spacial score (nSPS) is 15.7. The van der Waals surface area contributed by atoms with Crippen LogP contribution >= 0.6 is 0 Å². The number of methoxy groups -OCH3 is 1. The van der Waals surface area contributed by atoms with E-state index in [4.69, 9.17) is 9.47 Å². The Morgan fingerprint density at radius 3 is 2.35 bits per heavy atom. The quantitative estimate of drug-likeness (QED) is 0.866. The smallest absolute Gasteiger partial charge is 0.241 e. The molecule has 3 rings (SSSR count). The van der Waals surface area contributed by atoms with Crippen molar-refractivity contribution >= 4 is 0 Å². The van der Waals surface area contributed by atoms with Gasteiger partial charge in [-0.25, -0.2) is 8.78 Å². The Hall–Kier alpha value is -2.08. The lowest BCUT2D eigenvalue weighted by Gasteiger charge is -2.26. The molecule has 0 unspecified atom stereocenters. The van der Waals surface area contributed by atoms with E-state index in [-0.39, 0.29) is 17.4 Å². The first-order chi connectivity index (χ1) is 11.1. The van der Waals surface area contributed by atoms with E-state index in [1.54, 1.807) is 6.92 Å². The minimum Gasteiger partial charge on any atom is -0.479 e. The zero-order chi connectivity index (χ0) is 16.4. The van der Waals surface area contributed by atoms with E-state index in [1.807, 2.05) is 0 Å². The molecule has 0 saturated carbocycles. The third-order valence-corrected chi connectivity index (χ3v) is 4.20. The van der Waals surface area contributed by atoms with Gasteiger partial charge in [0.05, 0.1) is 23.9 Å². The Balaban J connectivity index is 2.27. The maximum Gasteiger partial charge on any atom is 0.241 e. The van der Waals surface area contributed by atoms with Crippen molar-refractivity contribution < 1.29 is 18.3 Å². The van der Waals surface area contributed by atoms with Crippen molar-refractivity contribution in [3.63, 3.8) is 0 Å². The number of hydrogen-bond acceptors (Lipinski definition) is 4. The van der Waals surface area contributed by atoms with Crippen LogP contribution in [0.5, 0.6) is 5.88 Å². The van der Waals surface area contributed by atoms with E-state index in [9.17, 15) is 8.78 Å². The summed E-state index contributed by atoms with van der Waals surface area (Å²) in [5.74, 6) is -1.02. The van der Waals surface area contributed by atoms with Crippen molar-refractivity contribution in [2.24, 2.45) is 0 Å². The average Bonchev–Trinajstić information content (AvgIpc) is 2.56. The van der Waals surface area contributed by atoms with Crippen LogP contribution in [-0.4, -0.2) is 30.5 Å². The summed E-state index contributed by atoms with van der Waals surface area (Å²) < 4.78 is 39.4. The number of aromatic nitrogens is 2. The molecule has 1 aliphatic rings. The number of halogens is 2. The first kappa shape index (κ1) is 15.8. The fourth-order valence-electron chi connectivity index (χ4n) is 3.13. The maximum atomic E-state index is 14.4. The predicted molar refractivity (Wildman–Crippen MR) is 81.5 cm³/mol. The van der Waals surface area contributed by atoms with Crippen LogP contribution in [0.1, 0.15) is 30.0 Å². The minimum atomic E-state index is -0.635. The Kier molecular flexibility index (Phi) is 4.52. The minimum absolute atomic E-state index is 0.108. The molecule has 122 valence electrons. The average molecular weight is 320 g/mol. The van der Waals surface area contributed by atoms with Gasteiger partial charge in [-0.3, -0.25) is 0 Å². The molecule has 0 aliphatic carbocycles. The number of rotatable bonds is 3. The van der Waals surface area contributed by atoms with Crippen LogP contribution < -0.4 is 4.74 Å². The van der Waals surface area contributed by atoms with Crippen molar-refractivity contribution in [2.75, 3.05) is 20.3 Å². The molecule has 0 spiro atoms. The molecular formula is C17H18F2N2O2. The summed E-state index contributed by atoms with van der Waals surface area (Å²) in [4.78, 5) is 0. The molecule has 23 heavy (non-hydrogen) atoms. The number of benzene rings is 1. The molecular weight excluding hydrogens is 302 g/mol. The number of nitrogens with zero attached hydrogens (tertiary/aromatic N) is 2. The first-order valence-corrected chi connectivity index (χ1v) is 7.56. The molecule has 2 heterocycles. The van der Waals surface area contributed by atoms with Crippen LogP contribution in [0, 0.1) is 18.6 Å². The van der Waals surface area contributed by atoms with Crippen molar-refractivity contribution in [2.45, 2.75) is 25.7 Å². The van der Waals surface area contributed by atoms with Gasteiger partial charge in [0.25, 0.3) is 0 Å². The molecule has 1 aromatic heterocycles. The van der Waals surface area contributed by atoms with E-state index in [1.165, 1.54) is 25.3 Å². The number of hydrogen-bond donors (Lipinski definition) is 0. The lowest BCUT2D eigenvalue weighted by atomic mass is 9.85. The van der Waals surface area contributed by atoms with E-state index < -0.39 is 11.6 Å². The van der Waals surface area contributed by atoms with Crippen molar-refractivity contribution in [3.05, 3.63) is 41.1 Å². The second kappa shape index (κ2) is 6.58. The van der Waals surface area contributed by atoms with Crippen LogP contribution in [0.2, 0.25) is 0 Å². The summed E-state index contributed by atoms with van der Waals surface area (Å²) in [6.45, 7) is 3.04. The molecule has 0 atom stereocenters. The summed E-state index contributed by atoms with van der Waals surface area (Å²) in [7, 11) is 1.43. The Labute approximate surface area is 133 Å². The third kappa shape index (κ3) is 2.91. The largest absolute Gasteiger partial charge is 0.479 e.